The summed E-state index contributed by atoms with van der Waals surface area (Å²) >= 11 is 6.06. The molecular weight excluding hydrogens is 250 g/mol. The van der Waals surface area contributed by atoms with Crippen molar-refractivity contribution in [2.24, 2.45) is 0 Å². The van der Waals surface area contributed by atoms with Gasteiger partial charge in [-0.05, 0) is 42.8 Å². The van der Waals surface area contributed by atoms with E-state index < -0.39 is 0 Å². The molecule has 0 atom stereocenters. The third-order valence-corrected chi connectivity index (χ3v) is 2.79. The highest BCUT2D eigenvalue weighted by atomic mass is 35.5. The molecule has 0 aliphatic carbocycles. The van der Waals surface area contributed by atoms with E-state index in [0.29, 0.717) is 28.0 Å². The average Bonchev–Trinajstić information content (AvgIpc) is 2.34. The van der Waals surface area contributed by atoms with Gasteiger partial charge in [-0.25, -0.2) is 0 Å². The van der Waals surface area contributed by atoms with Crippen LogP contribution in [-0.2, 0) is 0 Å². The molecule has 0 aromatic heterocycles. The fraction of sp³-hybridized carbons (Fsp3) is 0.143. The van der Waals surface area contributed by atoms with Gasteiger partial charge >= 0.3 is 0 Å². The fourth-order valence-electron chi connectivity index (χ4n) is 1.58. The third kappa shape index (κ3) is 2.68. The highest BCUT2D eigenvalue weighted by Gasteiger charge is 2.08. The van der Waals surface area contributed by atoms with Crippen LogP contribution in [-0.4, -0.2) is 7.11 Å². The zero-order chi connectivity index (χ0) is 13.1. The first kappa shape index (κ1) is 12.6. The van der Waals surface area contributed by atoms with Crippen molar-refractivity contribution in [3.05, 3.63) is 47.0 Å². The molecule has 0 amide bonds. The summed E-state index contributed by atoms with van der Waals surface area (Å²) in [5.74, 6) is 1.84. The zero-order valence-corrected chi connectivity index (χ0v) is 11.0. The number of methoxy groups -OCH3 is 1. The Bertz CT molecular complexity index is 570. The van der Waals surface area contributed by atoms with Gasteiger partial charge in [-0.2, -0.15) is 0 Å². The third-order valence-electron chi connectivity index (χ3n) is 2.49. The summed E-state index contributed by atoms with van der Waals surface area (Å²) < 4.78 is 11.0. The second kappa shape index (κ2) is 5.19. The lowest BCUT2D eigenvalue weighted by Crippen LogP contribution is -1.92. The molecule has 0 heterocycles. The van der Waals surface area contributed by atoms with Crippen LogP contribution in [0.4, 0.5) is 5.69 Å². The van der Waals surface area contributed by atoms with Crippen LogP contribution in [0, 0.1) is 6.92 Å². The Hall–Kier alpha value is -1.87. The van der Waals surface area contributed by atoms with Crippen molar-refractivity contribution in [1.82, 2.24) is 0 Å². The van der Waals surface area contributed by atoms with Crippen molar-refractivity contribution in [2.75, 3.05) is 12.8 Å². The van der Waals surface area contributed by atoms with E-state index in [1.165, 1.54) is 0 Å². The van der Waals surface area contributed by atoms with E-state index in [1.807, 2.05) is 25.1 Å². The minimum absolute atomic E-state index is 0.470. The molecule has 0 aliphatic heterocycles. The van der Waals surface area contributed by atoms with E-state index in [0.717, 1.165) is 5.56 Å². The number of anilines is 1. The lowest BCUT2D eigenvalue weighted by atomic mass is 10.2. The van der Waals surface area contributed by atoms with Crippen molar-refractivity contribution < 1.29 is 9.47 Å². The number of ether oxygens (including phenoxy) is 2. The first-order valence-corrected chi connectivity index (χ1v) is 5.85. The molecule has 0 saturated carbocycles. The molecule has 0 fully saturated rings. The maximum Gasteiger partial charge on any atom is 0.169 e. The smallest absolute Gasteiger partial charge is 0.169 e. The molecular formula is C14H14ClNO2. The summed E-state index contributed by atoms with van der Waals surface area (Å²) in [7, 11) is 1.60. The van der Waals surface area contributed by atoms with Crippen LogP contribution in [0.1, 0.15) is 5.56 Å². The van der Waals surface area contributed by atoms with E-state index in [9.17, 15) is 0 Å². The molecule has 2 rings (SSSR count). The van der Waals surface area contributed by atoms with Crippen LogP contribution in [0.15, 0.2) is 36.4 Å². The normalized spacial score (nSPS) is 10.2. The lowest BCUT2D eigenvalue weighted by Gasteiger charge is -2.12. The average molecular weight is 264 g/mol. The fourth-order valence-corrected chi connectivity index (χ4v) is 1.81. The topological polar surface area (TPSA) is 44.5 Å². The van der Waals surface area contributed by atoms with Gasteiger partial charge in [0.2, 0.25) is 0 Å². The van der Waals surface area contributed by atoms with Gasteiger partial charge in [0.05, 0.1) is 12.1 Å². The summed E-state index contributed by atoms with van der Waals surface area (Å²) in [6.45, 7) is 1.99. The van der Waals surface area contributed by atoms with Crippen molar-refractivity contribution in [2.45, 2.75) is 6.92 Å². The minimum Gasteiger partial charge on any atom is -0.493 e. The molecule has 0 spiro atoms. The van der Waals surface area contributed by atoms with E-state index in [2.05, 4.69) is 0 Å². The predicted molar refractivity (Wildman–Crippen MR) is 73.7 cm³/mol. The summed E-state index contributed by atoms with van der Waals surface area (Å²) in [5.41, 5.74) is 7.33. The Morgan fingerprint density at radius 3 is 2.39 bits per heavy atom. The quantitative estimate of drug-likeness (QED) is 0.851. The molecule has 0 aliphatic rings. The maximum atomic E-state index is 6.06. The van der Waals surface area contributed by atoms with E-state index in [4.69, 9.17) is 26.8 Å². The number of halogens is 1. The zero-order valence-electron chi connectivity index (χ0n) is 10.2. The second-order valence-electron chi connectivity index (χ2n) is 3.95. The van der Waals surface area contributed by atoms with Crippen LogP contribution in [0.3, 0.4) is 0 Å². The minimum atomic E-state index is 0.470. The SMILES string of the molecule is COc1cc(C)ccc1Oc1ccc(N)cc1Cl. The number of benzene rings is 2. The molecule has 2 aromatic carbocycles. The molecule has 2 N–H and O–H groups in total. The van der Waals surface area contributed by atoms with Crippen molar-refractivity contribution in [3.63, 3.8) is 0 Å². The lowest BCUT2D eigenvalue weighted by molar-refractivity contribution is 0.378. The van der Waals surface area contributed by atoms with Crippen molar-refractivity contribution >= 4 is 17.3 Å². The first-order valence-electron chi connectivity index (χ1n) is 5.47. The Labute approximate surface area is 111 Å². The van der Waals surface area contributed by atoms with Crippen molar-refractivity contribution in [3.8, 4) is 17.2 Å². The monoisotopic (exact) mass is 263 g/mol. The number of hydrogen-bond donors (Lipinski definition) is 1. The Morgan fingerprint density at radius 1 is 1.00 bits per heavy atom. The van der Waals surface area contributed by atoms with Gasteiger partial charge in [0, 0.05) is 5.69 Å². The van der Waals surface area contributed by atoms with Crippen molar-refractivity contribution in [1.29, 1.82) is 0 Å². The van der Waals surface area contributed by atoms with Crippen LogP contribution in [0.2, 0.25) is 5.02 Å². The molecule has 0 bridgehead atoms. The predicted octanol–water partition coefficient (Wildman–Crippen LogP) is 4.03. The van der Waals surface area contributed by atoms with Gasteiger partial charge in [0.15, 0.2) is 11.5 Å². The highest BCUT2D eigenvalue weighted by Crippen LogP contribution is 2.36. The summed E-state index contributed by atoms with van der Waals surface area (Å²) in [6.07, 6.45) is 0. The van der Waals surface area contributed by atoms with Gasteiger partial charge in [0.25, 0.3) is 0 Å². The number of aryl methyl sites for hydroxylation is 1. The van der Waals surface area contributed by atoms with Crippen LogP contribution in [0.5, 0.6) is 17.2 Å². The van der Waals surface area contributed by atoms with Crippen LogP contribution >= 0.6 is 11.6 Å². The van der Waals surface area contributed by atoms with E-state index in [1.54, 1.807) is 25.3 Å². The molecule has 18 heavy (non-hydrogen) atoms. The molecule has 0 unspecified atom stereocenters. The standard InChI is InChI=1S/C14H14ClNO2/c1-9-3-5-13(14(7-9)17-2)18-12-6-4-10(16)8-11(12)15/h3-8H,16H2,1-2H3. The van der Waals surface area contributed by atoms with Gasteiger partial charge in [-0.3, -0.25) is 0 Å². The molecule has 4 heteroatoms. The molecule has 94 valence electrons. The number of rotatable bonds is 3. The Morgan fingerprint density at radius 2 is 1.72 bits per heavy atom. The van der Waals surface area contributed by atoms with Gasteiger partial charge in [-0.15, -0.1) is 0 Å². The van der Waals surface area contributed by atoms with Crippen LogP contribution < -0.4 is 15.2 Å². The van der Waals surface area contributed by atoms with Gasteiger partial charge in [0.1, 0.15) is 5.75 Å². The largest absolute Gasteiger partial charge is 0.493 e. The number of hydrogen-bond acceptors (Lipinski definition) is 3. The highest BCUT2D eigenvalue weighted by molar-refractivity contribution is 6.32. The van der Waals surface area contributed by atoms with E-state index in [-0.39, 0.29) is 0 Å². The molecule has 0 saturated heterocycles. The number of nitrogen functional groups attached to an aromatic ring is 1. The second-order valence-corrected chi connectivity index (χ2v) is 4.35. The van der Waals surface area contributed by atoms with Crippen LogP contribution in [0.25, 0.3) is 0 Å². The summed E-state index contributed by atoms with van der Waals surface area (Å²) in [5, 5.41) is 0.470. The van der Waals surface area contributed by atoms with E-state index >= 15 is 0 Å². The van der Waals surface area contributed by atoms with Gasteiger partial charge in [-0.1, -0.05) is 17.7 Å². The number of nitrogens with two attached hydrogens (primary N) is 1. The first-order chi connectivity index (χ1) is 8.60. The Kier molecular flexibility index (Phi) is 3.63. The summed E-state index contributed by atoms with van der Waals surface area (Å²) in [4.78, 5) is 0. The Balaban J connectivity index is 2.33. The maximum absolute atomic E-state index is 6.06. The summed E-state index contributed by atoms with van der Waals surface area (Å²) in [6, 6.07) is 10.8. The molecule has 3 nitrogen and oxygen atoms in total. The molecule has 2 aromatic rings. The molecule has 0 radical (unpaired) electrons. The van der Waals surface area contributed by atoms with Gasteiger partial charge < -0.3 is 15.2 Å².